The van der Waals surface area contributed by atoms with Gasteiger partial charge >= 0.3 is 0 Å². The van der Waals surface area contributed by atoms with Crippen molar-refractivity contribution in [3.05, 3.63) is 308 Å². The maximum Gasteiger partial charge on any atom is 0.251 e. The van der Waals surface area contributed by atoms with E-state index in [2.05, 4.69) is 29.5 Å². The largest absolute Gasteiger partial charge is 0.440 e. The van der Waals surface area contributed by atoms with E-state index >= 15 is 0 Å². The number of hydrogen-bond acceptors (Lipinski definition) is 18. The Morgan fingerprint density at radius 2 is 0.620 bits per heavy atom. The Balaban J connectivity index is 0.000000190. The van der Waals surface area contributed by atoms with Crippen molar-refractivity contribution >= 4 is 35.0 Å². The topological polar surface area (TPSA) is 277 Å². The van der Waals surface area contributed by atoms with E-state index in [9.17, 15) is 83.5 Å². The molecule has 0 bridgehead atoms. The Labute approximate surface area is 878 Å². The normalized spacial score (nSPS) is 16.9. The lowest BCUT2D eigenvalue weighted by Gasteiger charge is -2.41. The number of aliphatic hydroxyl groups is 4. The van der Waals surface area contributed by atoms with Gasteiger partial charge in [-0.15, -0.1) is 11.3 Å². The third-order valence-electron chi connectivity index (χ3n) is 27.0. The second-order valence-corrected chi connectivity index (χ2v) is 45.2. The summed E-state index contributed by atoms with van der Waals surface area (Å²) in [5.74, 6) is -5.18. The highest BCUT2D eigenvalue weighted by Gasteiger charge is 2.48. The molecule has 0 radical (unpaired) electrons. The van der Waals surface area contributed by atoms with Crippen LogP contribution in [-0.4, -0.2) is 174 Å². The van der Waals surface area contributed by atoms with Crippen molar-refractivity contribution in [2.75, 3.05) is 65.7 Å². The molecule has 4 aromatic heterocycles. The fraction of sp³-hybridized carbons (Fsp3) is 0.458. The SMILES string of the molecule is C[C@H](CF)CCN(C(=O)[C@H](C)O)[C@H](c1nc(-c2cc(F)ccc2F)oc1Cc1ccccc1)C(C)(C)C.C[C@H](CF)CCN(C(=O)[C@H](C)O)[C@H](c1nc(-c2cc(F)ccc2F)sc1Cc1ccccc1)C(C)(C)C.C[C@H](O)C(=O)N(C[C@@H]1CNC[C@@H]1C)C(c1nc(-c2cc(F)ccc2F)oc1Cc1ccccc1)C(C)(C)C.C[C@H](O)C(=O)N(C[C@@H]1CNC[C@@H]1C)[C@@H](c1nc(-c2cc(F)ccc2F)oc1Cc1ccccc1)C(C)(C)C. The van der Waals surface area contributed by atoms with Crippen molar-refractivity contribution in [2.24, 2.45) is 57.2 Å². The van der Waals surface area contributed by atoms with Gasteiger partial charge in [-0.2, -0.15) is 0 Å². The van der Waals surface area contributed by atoms with Crippen LogP contribution in [0.2, 0.25) is 0 Å². The Morgan fingerprint density at radius 3 is 0.887 bits per heavy atom. The Hall–Kier alpha value is -12.0. The molecular weight excluding hydrogens is 1960 g/mol. The number of rotatable bonds is 36. The number of amides is 4. The van der Waals surface area contributed by atoms with E-state index in [1.807, 2.05) is 204 Å². The molecular formula is C118H144F10N10O11S. The molecule has 6 N–H and O–H groups in total. The lowest BCUT2D eigenvalue weighted by Crippen LogP contribution is -2.48. The van der Waals surface area contributed by atoms with Gasteiger partial charge in [-0.25, -0.2) is 55.1 Å². The van der Waals surface area contributed by atoms with Crippen molar-refractivity contribution < 1.29 is 96.8 Å². The monoisotopic (exact) mass is 2100 g/mol. The third-order valence-corrected chi connectivity index (χ3v) is 28.1. The number of aromatic nitrogens is 4. The minimum absolute atomic E-state index is 0.0440. The molecule has 14 atom stereocenters. The van der Waals surface area contributed by atoms with Crippen LogP contribution in [0.15, 0.2) is 207 Å². The molecule has 150 heavy (non-hydrogen) atoms. The van der Waals surface area contributed by atoms with E-state index in [0.29, 0.717) is 109 Å². The number of halogens is 10. The molecule has 12 aromatic rings. The van der Waals surface area contributed by atoms with Gasteiger partial charge in [-0.1, -0.05) is 232 Å². The molecule has 0 spiro atoms. The Morgan fingerprint density at radius 1 is 0.360 bits per heavy atom. The van der Waals surface area contributed by atoms with Crippen LogP contribution in [0.25, 0.3) is 44.9 Å². The maximum absolute atomic E-state index is 14.8. The summed E-state index contributed by atoms with van der Waals surface area (Å²) in [6, 6.07) is 48.6. The standard InChI is InChI=1S/2C30H37F2N3O3.C29H35F3N2O3.C29H35F3N2O2S/c2*1-18-15-33-16-21(18)17-35(29(37)19(2)36)27(30(3,4)5)26-25(13-20-9-7-6-8-10-20)38-28(34-26)23-14-22(31)11-12-24(23)32;2*1-18(17-30)13-14-34(28(36)19(2)35)26(29(3,4)5)25-24(15-20-9-7-6-8-10-20)37-27(33-25)22-16-21(31)11-12-23(22)32/h2*6-12,14,18-19,21,27,33,36H,13,15-17H2,1-5H3;2*6-12,16,18-19,26,35H,13-15,17H2,1-5H3/t18-,19-,21-,27?;18-,19-,21-,27-;2*18-,19-,26+/m0000/s1. The number of thiazole rings is 1. The second-order valence-electron chi connectivity index (χ2n) is 44.2. The maximum atomic E-state index is 14.8. The summed E-state index contributed by atoms with van der Waals surface area (Å²) < 4.78 is 160. The quantitative estimate of drug-likeness (QED) is 0.0199. The molecule has 808 valence electrons. The molecule has 21 nitrogen and oxygen atoms in total. The molecule has 1 unspecified atom stereocenters. The number of carbonyl (C=O) groups is 4. The van der Waals surface area contributed by atoms with Gasteiger partial charge in [0.1, 0.15) is 110 Å². The minimum atomic E-state index is -1.30. The van der Waals surface area contributed by atoms with Crippen LogP contribution in [0.5, 0.6) is 0 Å². The van der Waals surface area contributed by atoms with E-state index in [1.54, 1.807) is 28.5 Å². The van der Waals surface area contributed by atoms with E-state index in [0.717, 1.165) is 126 Å². The highest BCUT2D eigenvalue weighted by Crippen LogP contribution is 2.50. The summed E-state index contributed by atoms with van der Waals surface area (Å²) in [5, 5.41) is 48.4. The van der Waals surface area contributed by atoms with Crippen molar-refractivity contribution in [2.45, 2.75) is 226 Å². The molecule has 14 rings (SSSR count). The van der Waals surface area contributed by atoms with Crippen LogP contribution in [0.3, 0.4) is 0 Å². The Bertz CT molecular complexity index is 6040. The first-order valence-corrected chi connectivity index (χ1v) is 52.0. The fourth-order valence-electron chi connectivity index (χ4n) is 19.1. The lowest BCUT2D eigenvalue weighted by atomic mass is 9.81. The molecule has 0 saturated carbocycles. The summed E-state index contributed by atoms with van der Waals surface area (Å²) in [4.78, 5) is 79.9. The first-order valence-electron chi connectivity index (χ1n) is 51.2. The van der Waals surface area contributed by atoms with Crippen LogP contribution >= 0.6 is 11.3 Å². The molecule has 6 heterocycles. The van der Waals surface area contributed by atoms with Crippen LogP contribution in [0.1, 0.15) is 243 Å². The van der Waals surface area contributed by atoms with Crippen molar-refractivity contribution in [1.82, 2.24) is 50.2 Å². The van der Waals surface area contributed by atoms with Gasteiger partial charge in [-0.05, 0) is 219 Å². The summed E-state index contributed by atoms with van der Waals surface area (Å²) in [6.07, 6.45) is -2.72. The van der Waals surface area contributed by atoms with Gasteiger partial charge in [-0.3, -0.25) is 28.0 Å². The molecule has 2 saturated heterocycles. The van der Waals surface area contributed by atoms with Crippen molar-refractivity contribution in [3.8, 4) is 44.9 Å². The first kappa shape index (κ1) is 118. The summed E-state index contributed by atoms with van der Waals surface area (Å²) in [6.45, 7) is 40.6. The summed E-state index contributed by atoms with van der Waals surface area (Å²) >= 11 is 1.26. The molecule has 2 aliphatic rings. The lowest BCUT2D eigenvalue weighted by molar-refractivity contribution is -0.146. The summed E-state index contributed by atoms with van der Waals surface area (Å²) in [5.41, 5.74) is 3.27. The van der Waals surface area contributed by atoms with Crippen molar-refractivity contribution in [1.29, 1.82) is 0 Å². The fourth-order valence-corrected chi connectivity index (χ4v) is 20.2. The van der Waals surface area contributed by atoms with E-state index in [4.69, 9.17) is 28.2 Å². The summed E-state index contributed by atoms with van der Waals surface area (Å²) in [7, 11) is 0. The molecule has 2 fully saturated rings. The van der Waals surface area contributed by atoms with Crippen molar-refractivity contribution in [3.63, 3.8) is 0 Å². The average Bonchev–Trinajstić information content (AvgIpc) is 1.22. The zero-order valence-corrected chi connectivity index (χ0v) is 90.1. The Kier molecular flexibility index (Phi) is 41.2. The molecule has 4 amide bonds. The predicted octanol–water partition coefficient (Wildman–Crippen LogP) is 24.2. The van der Waals surface area contributed by atoms with Crippen LogP contribution in [0.4, 0.5) is 43.9 Å². The van der Waals surface area contributed by atoms with Gasteiger partial charge < -0.3 is 63.9 Å². The molecule has 2 aliphatic heterocycles. The highest BCUT2D eigenvalue weighted by atomic mass is 32.1. The number of nitrogens with one attached hydrogen (secondary N) is 2. The first-order chi connectivity index (χ1) is 70.7. The number of carbonyl (C=O) groups excluding carboxylic acids is 4. The molecule has 32 heteroatoms. The van der Waals surface area contributed by atoms with E-state index < -0.39 is 154 Å². The number of aliphatic hydroxyl groups excluding tert-OH is 4. The zero-order chi connectivity index (χ0) is 110. The van der Waals surface area contributed by atoms with E-state index in [1.165, 1.54) is 43.9 Å². The third kappa shape index (κ3) is 31.1. The number of benzene rings is 8. The van der Waals surface area contributed by atoms with Gasteiger partial charge in [0.25, 0.3) is 23.6 Å². The molecule has 8 aromatic carbocycles. The highest BCUT2D eigenvalue weighted by molar-refractivity contribution is 7.15. The smallest absolute Gasteiger partial charge is 0.251 e. The van der Waals surface area contributed by atoms with Gasteiger partial charge in [0.2, 0.25) is 17.7 Å². The van der Waals surface area contributed by atoms with Gasteiger partial charge in [0.15, 0.2) is 0 Å². The van der Waals surface area contributed by atoms with Crippen LogP contribution in [-0.2, 0) is 44.9 Å². The predicted molar refractivity (Wildman–Crippen MR) is 563 cm³/mol. The van der Waals surface area contributed by atoms with Gasteiger partial charge in [0, 0.05) is 62.3 Å². The number of nitrogens with zero attached hydrogens (tertiary/aromatic N) is 8. The minimum Gasteiger partial charge on any atom is -0.440 e. The number of hydrogen-bond donors (Lipinski definition) is 6. The average molecular weight is 2100 g/mol. The van der Waals surface area contributed by atoms with Crippen LogP contribution < -0.4 is 10.6 Å². The second kappa shape index (κ2) is 52.3. The number of oxazole rings is 3. The number of alkyl halides is 2. The van der Waals surface area contributed by atoms with Gasteiger partial charge in [0.05, 0.1) is 59.9 Å². The van der Waals surface area contributed by atoms with Crippen LogP contribution in [0, 0.1) is 104 Å². The van der Waals surface area contributed by atoms with E-state index in [-0.39, 0.29) is 76.7 Å². The molecule has 0 aliphatic carbocycles. The zero-order valence-electron chi connectivity index (χ0n) is 89.3.